The highest BCUT2D eigenvalue weighted by atomic mass is 35.5. The molecule has 1 saturated heterocycles. The predicted molar refractivity (Wildman–Crippen MR) is 165 cm³/mol. The second-order valence-corrected chi connectivity index (χ2v) is 12.2. The molecule has 4 rings (SSSR count). The molecule has 1 aliphatic rings. The van der Waals surface area contributed by atoms with Gasteiger partial charge < -0.3 is 19.5 Å². The molecule has 0 saturated carbocycles. The van der Waals surface area contributed by atoms with Gasteiger partial charge in [0, 0.05) is 20.5 Å². The van der Waals surface area contributed by atoms with E-state index in [-0.39, 0.29) is 17.4 Å². The number of carboxylic acids is 1. The molecule has 210 valence electrons. The van der Waals surface area contributed by atoms with E-state index in [0.29, 0.717) is 45.2 Å². The van der Waals surface area contributed by atoms with Crippen LogP contribution in [0.2, 0.25) is 10.0 Å². The summed E-state index contributed by atoms with van der Waals surface area (Å²) in [5.41, 5.74) is 3.06. The number of ether oxygens (including phenoxy) is 2. The van der Waals surface area contributed by atoms with Crippen molar-refractivity contribution in [1.82, 2.24) is 4.90 Å². The fourth-order valence-corrected chi connectivity index (χ4v) is 5.98. The predicted octanol–water partition coefficient (Wildman–Crippen LogP) is 6.79. The number of rotatable bonds is 13. The average molecular weight is 619 g/mol. The Morgan fingerprint density at radius 3 is 2.08 bits per heavy atom. The highest BCUT2D eigenvalue weighted by Gasteiger charge is 2.30. The van der Waals surface area contributed by atoms with Gasteiger partial charge in [0.1, 0.15) is 28.8 Å². The van der Waals surface area contributed by atoms with Crippen LogP contribution in [0, 0.1) is 0 Å². The van der Waals surface area contributed by atoms with Gasteiger partial charge >= 0.3 is 5.97 Å². The first kappa shape index (κ1) is 30.1. The third kappa shape index (κ3) is 8.80. The number of carboxylic acid groups (broad SMARTS) is 1. The van der Waals surface area contributed by atoms with Crippen LogP contribution in [-0.2, 0) is 28.4 Å². The molecule has 1 atom stereocenters. The molecule has 10 heteroatoms. The minimum atomic E-state index is -1.59. The minimum absolute atomic E-state index is 0.119. The normalized spacial score (nSPS) is 15.9. The topological polar surface area (TPSA) is 76.1 Å². The highest BCUT2D eigenvalue weighted by molar-refractivity contribution is 8.15. The number of hydrogen-bond donors (Lipinski definition) is 1. The monoisotopic (exact) mass is 617 g/mol. The Balaban J connectivity index is 1.44. The first-order valence-electron chi connectivity index (χ1n) is 12.8. The molecule has 1 heterocycles. The van der Waals surface area contributed by atoms with Crippen LogP contribution in [0.5, 0.6) is 11.5 Å². The Morgan fingerprint density at radius 2 is 1.50 bits per heavy atom. The summed E-state index contributed by atoms with van der Waals surface area (Å²) in [5.74, 6) is 0.251. The maximum absolute atomic E-state index is 12.9. The molecule has 6 nitrogen and oxygen atoms in total. The fraction of sp³-hybridized carbons (Fsp3) is 0.267. The molecule has 3 aromatic carbocycles. The van der Waals surface area contributed by atoms with Crippen LogP contribution >= 0.6 is 35.4 Å². The molecule has 1 fully saturated rings. The number of thiocarbonyl (C=S) groups is 1. The maximum atomic E-state index is 12.9. The molecule has 0 amide bonds. The van der Waals surface area contributed by atoms with E-state index in [9.17, 15) is 9.00 Å². The van der Waals surface area contributed by atoms with Crippen molar-refractivity contribution in [3.8, 4) is 11.5 Å². The molecule has 0 bridgehead atoms. The van der Waals surface area contributed by atoms with Crippen molar-refractivity contribution in [2.75, 3.05) is 26.3 Å². The third-order valence-electron chi connectivity index (χ3n) is 6.20. The summed E-state index contributed by atoms with van der Waals surface area (Å²) in [6, 6.07) is 21.0. The summed E-state index contributed by atoms with van der Waals surface area (Å²) < 4.78 is 25.1. The van der Waals surface area contributed by atoms with Crippen LogP contribution in [0.1, 0.15) is 29.5 Å². The minimum Gasteiger partial charge on any atom is -0.494 e. The van der Waals surface area contributed by atoms with Crippen LogP contribution in [0.4, 0.5) is 0 Å². The van der Waals surface area contributed by atoms with Crippen LogP contribution in [0.15, 0.2) is 71.6 Å². The first-order chi connectivity index (χ1) is 19.3. The summed E-state index contributed by atoms with van der Waals surface area (Å²) >= 11 is 17.2. The van der Waals surface area contributed by atoms with Gasteiger partial charge in [-0.05, 0) is 97.6 Å². The zero-order valence-electron chi connectivity index (χ0n) is 21.7. The van der Waals surface area contributed by atoms with Gasteiger partial charge in [-0.15, -0.1) is 0 Å². The molecular formula is C30H29Cl2NO5S2. The number of hydrogen-bond acceptors (Lipinski definition) is 5. The molecule has 1 N–H and O–H groups in total. The Kier molecular flexibility index (Phi) is 11.0. The molecule has 1 aliphatic heterocycles. The molecular weight excluding hydrogens is 589 g/mol. The second kappa shape index (κ2) is 14.6. The number of benzene rings is 3. The number of halogens is 2. The van der Waals surface area contributed by atoms with Gasteiger partial charge in [0.25, 0.3) is 0 Å². The lowest BCUT2D eigenvalue weighted by Gasteiger charge is -2.13. The Labute approximate surface area is 252 Å². The van der Waals surface area contributed by atoms with Crippen molar-refractivity contribution < 1.29 is 23.6 Å². The lowest BCUT2D eigenvalue weighted by molar-refractivity contribution is -0.137. The van der Waals surface area contributed by atoms with Crippen LogP contribution < -0.4 is 9.47 Å². The van der Waals surface area contributed by atoms with E-state index in [2.05, 4.69) is 0 Å². The van der Waals surface area contributed by atoms with Gasteiger partial charge in [0.05, 0.1) is 19.8 Å². The van der Waals surface area contributed by atoms with E-state index in [1.807, 2.05) is 66.7 Å². The standard InChI is InChI=1S/C30H29Cl2NO5S2/c31-24-9-5-21(6-10-24)3-1-15-37-26-13-14-28(38-16-2-4-22-7-11-25(32)12-8-22)23(17-26)18-27-19-33(20-29(34)35)30(39)40(27)36/h5-14,17-18H,1-4,15-16,19-20H2,(H,34,35). The summed E-state index contributed by atoms with van der Waals surface area (Å²) in [6.45, 7) is 0.877. The smallest absolute Gasteiger partial charge is 0.323 e. The van der Waals surface area contributed by atoms with E-state index >= 15 is 0 Å². The third-order valence-corrected chi connectivity index (χ3v) is 8.71. The van der Waals surface area contributed by atoms with Crippen LogP contribution in [0.25, 0.3) is 6.08 Å². The Bertz CT molecular complexity index is 1390. The summed E-state index contributed by atoms with van der Waals surface area (Å²) in [5, 5.41) is 10.6. The zero-order valence-corrected chi connectivity index (χ0v) is 24.8. The molecule has 0 spiro atoms. The quantitative estimate of drug-likeness (QED) is 0.167. The molecule has 0 aliphatic carbocycles. The van der Waals surface area contributed by atoms with Gasteiger partial charge in [-0.3, -0.25) is 4.79 Å². The Hall–Kier alpha value is -2.91. The van der Waals surface area contributed by atoms with E-state index in [1.165, 1.54) is 16.0 Å². The van der Waals surface area contributed by atoms with Gasteiger partial charge in [-0.1, -0.05) is 47.5 Å². The van der Waals surface area contributed by atoms with E-state index in [4.69, 9.17) is 50.0 Å². The fourth-order valence-electron chi connectivity index (χ4n) is 4.18. The first-order valence-corrected chi connectivity index (χ1v) is 15.1. The van der Waals surface area contributed by atoms with Crippen molar-refractivity contribution in [1.29, 1.82) is 0 Å². The second-order valence-electron chi connectivity index (χ2n) is 9.25. The summed E-state index contributed by atoms with van der Waals surface area (Å²) in [6.07, 6.45) is 5.08. The largest absolute Gasteiger partial charge is 0.494 e. The lowest BCUT2D eigenvalue weighted by Crippen LogP contribution is -2.30. The maximum Gasteiger partial charge on any atom is 0.323 e. The summed E-state index contributed by atoms with van der Waals surface area (Å²) in [4.78, 5) is 13.2. The molecule has 0 aromatic heterocycles. The Morgan fingerprint density at radius 1 is 0.925 bits per heavy atom. The van der Waals surface area contributed by atoms with Crippen molar-refractivity contribution in [2.45, 2.75) is 25.7 Å². The van der Waals surface area contributed by atoms with Crippen LogP contribution in [-0.4, -0.2) is 50.8 Å². The van der Waals surface area contributed by atoms with Crippen molar-refractivity contribution in [3.63, 3.8) is 0 Å². The van der Waals surface area contributed by atoms with E-state index in [1.54, 1.807) is 6.08 Å². The summed E-state index contributed by atoms with van der Waals surface area (Å²) in [7, 11) is -1.59. The average Bonchev–Trinajstić information content (AvgIpc) is 3.19. The zero-order chi connectivity index (χ0) is 28.5. The van der Waals surface area contributed by atoms with Gasteiger partial charge in [-0.25, -0.2) is 4.21 Å². The number of nitrogens with zero attached hydrogens (tertiary/aromatic N) is 1. The lowest BCUT2D eigenvalue weighted by atomic mass is 10.1. The van der Waals surface area contributed by atoms with Crippen molar-refractivity contribution >= 4 is 62.6 Å². The van der Waals surface area contributed by atoms with E-state index in [0.717, 1.165) is 25.7 Å². The highest BCUT2D eigenvalue weighted by Crippen LogP contribution is 2.30. The van der Waals surface area contributed by atoms with Crippen LogP contribution in [0.3, 0.4) is 0 Å². The molecule has 0 radical (unpaired) electrons. The number of aliphatic carboxylic acids is 1. The van der Waals surface area contributed by atoms with Gasteiger partial charge in [0.2, 0.25) is 0 Å². The van der Waals surface area contributed by atoms with Crippen molar-refractivity contribution in [3.05, 3.63) is 98.4 Å². The van der Waals surface area contributed by atoms with Gasteiger partial charge in [-0.2, -0.15) is 0 Å². The number of carbonyl (C=O) groups is 1. The van der Waals surface area contributed by atoms with E-state index < -0.39 is 16.8 Å². The van der Waals surface area contributed by atoms with Crippen molar-refractivity contribution in [2.24, 2.45) is 0 Å². The molecule has 40 heavy (non-hydrogen) atoms. The molecule has 3 aromatic rings. The van der Waals surface area contributed by atoms with Gasteiger partial charge in [0.15, 0.2) is 4.32 Å². The number of aryl methyl sites for hydroxylation is 2. The SMILES string of the molecule is O=C(O)CN1CC(=Cc2cc(OCCCc3ccc(Cl)cc3)ccc2OCCCc2ccc(Cl)cc2)S(=O)C1=S. The molecule has 1 unspecified atom stereocenters.